The van der Waals surface area contributed by atoms with Crippen molar-refractivity contribution in [1.82, 2.24) is 9.13 Å². The number of rotatable bonds is 8. The van der Waals surface area contributed by atoms with E-state index in [4.69, 9.17) is 4.74 Å². The summed E-state index contributed by atoms with van der Waals surface area (Å²) in [5.41, 5.74) is 1.19. The Morgan fingerprint density at radius 2 is 1.44 bits per heavy atom. The van der Waals surface area contributed by atoms with Gasteiger partial charge < -0.3 is 15.4 Å². The summed E-state index contributed by atoms with van der Waals surface area (Å²) < 4.78 is 7.36. The minimum Gasteiger partial charge on any atom is -0.497 e. The molecule has 9 heteroatoms. The Morgan fingerprint density at radius 3 is 2.11 bits per heavy atom. The van der Waals surface area contributed by atoms with E-state index in [1.54, 1.807) is 55.6 Å². The van der Waals surface area contributed by atoms with Gasteiger partial charge in [0.05, 0.1) is 13.7 Å². The molecule has 182 valence electrons. The molecule has 0 atom stereocenters. The van der Waals surface area contributed by atoms with Crippen molar-refractivity contribution in [3.8, 4) is 5.75 Å². The zero-order chi connectivity index (χ0) is 25.5. The lowest BCUT2D eigenvalue weighted by atomic mass is 10.2. The Labute approximate surface area is 206 Å². The van der Waals surface area contributed by atoms with Crippen molar-refractivity contribution in [1.29, 1.82) is 0 Å². The van der Waals surface area contributed by atoms with Crippen molar-refractivity contribution >= 4 is 23.2 Å². The van der Waals surface area contributed by atoms with Crippen molar-refractivity contribution in [2.24, 2.45) is 0 Å². The van der Waals surface area contributed by atoms with Crippen molar-refractivity contribution in [3.05, 3.63) is 123 Å². The van der Waals surface area contributed by atoms with Gasteiger partial charge in [0.15, 0.2) is 0 Å². The first-order valence-electron chi connectivity index (χ1n) is 11.1. The van der Waals surface area contributed by atoms with E-state index in [2.05, 4.69) is 10.6 Å². The lowest BCUT2D eigenvalue weighted by Crippen LogP contribution is -2.41. The van der Waals surface area contributed by atoms with Gasteiger partial charge in [-0.05, 0) is 54.1 Å². The highest BCUT2D eigenvalue weighted by Gasteiger charge is 2.12. The lowest BCUT2D eigenvalue weighted by Gasteiger charge is -2.11. The molecular weight excluding hydrogens is 460 g/mol. The smallest absolute Gasteiger partial charge is 0.331 e. The second kappa shape index (κ2) is 11.0. The molecule has 0 aliphatic carbocycles. The average Bonchev–Trinajstić information content (AvgIpc) is 2.89. The van der Waals surface area contributed by atoms with Gasteiger partial charge in [-0.2, -0.15) is 0 Å². The fraction of sp³-hybridized carbons (Fsp3) is 0.111. The number of ether oxygens (including phenoxy) is 1. The maximum Gasteiger partial charge on any atom is 0.331 e. The predicted molar refractivity (Wildman–Crippen MR) is 137 cm³/mol. The Hall–Kier alpha value is -4.92. The van der Waals surface area contributed by atoms with Crippen LogP contribution in [0.25, 0.3) is 0 Å². The van der Waals surface area contributed by atoms with Crippen LogP contribution in [0.2, 0.25) is 0 Å². The quantitative estimate of drug-likeness (QED) is 0.400. The highest BCUT2D eigenvalue weighted by molar-refractivity contribution is 6.04. The van der Waals surface area contributed by atoms with Gasteiger partial charge >= 0.3 is 5.69 Å². The SMILES string of the molecule is COc1ccc(NC(=O)c2ccc(NC(=O)Cn3c(=O)ccn(Cc4ccccc4)c3=O)cc2)cc1. The Balaban J connectivity index is 1.39. The Morgan fingerprint density at radius 1 is 0.806 bits per heavy atom. The summed E-state index contributed by atoms with van der Waals surface area (Å²) in [7, 11) is 1.56. The molecule has 0 bridgehead atoms. The van der Waals surface area contributed by atoms with Crippen molar-refractivity contribution < 1.29 is 14.3 Å². The fourth-order valence-corrected chi connectivity index (χ4v) is 3.53. The summed E-state index contributed by atoms with van der Waals surface area (Å²) in [6.45, 7) is -0.158. The van der Waals surface area contributed by atoms with E-state index in [1.165, 1.54) is 16.8 Å². The monoisotopic (exact) mass is 484 g/mol. The fourth-order valence-electron chi connectivity index (χ4n) is 3.53. The third-order valence-corrected chi connectivity index (χ3v) is 5.42. The number of anilines is 2. The van der Waals surface area contributed by atoms with Gasteiger partial charge in [-0.1, -0.05) is 30.3 Å². The molecule has 0 spiro atoms. The highest BCUT2D eigenvalue weighted by atomic mass is 16.5. The number of amides is 2. The van der Waals surface area contributed by atoms with Gasteiger partial charge in [0.1, 0.15) is 12.3 Å². The third-order valence-electron chi connectivity index (χ3n) is 5.42. The number of aromatic nitrogens is 2. The summed E-state index contributed by atoms with van der Waals surface area (Å²) in [6, 6.07) is 23.8. The molecule has 4 rings (SSSR count). The predicted octanol–water partition coefficient (Wildman–Crippen LogP) is 2.96. The van der Waals surface area contributed by atoms with Crippen LogP contribution < -0.4 is 26.6 Å². The molecule has 0 radical (unpaired) electrons. The zero-order valence-corrected chi connectivity index (χ0v) is 19.5. The molecule has 0 aliphatic heterocycles. The summed E-state index contributed by atoms with van der Waals surface area (Å²) in [5, 5.41) is 5.43. The normalized spacial score (nSPS) is 10.5. The van der Waals surface area contributed by atoms with Crippen LogP contribution in [-0.2, 0) is 17.9 Å². The van der Waals surface area contributed by atoms with E-state index in [0.29, 0.717) is 22.7 Å². The van der Waals surface area contributed by atoms with Crippen LogP contribution in [-0.4, -0.2) is 28.1 Å². The maximum absolute atomic E-state index is 12.8. The number of benzene rings is 3. The summed E-state index contributed by atoms with van der Waals surface area (Å²) >= 11 is 0. The molecule has 36 heavy (non-hydrogen) atoms. The van der Waals surface area contributed by atoms with Gasteiger partial charge in [0.25, 0.3) is 11.5 Å². The number of methoxy groups -OCH3 is 1. The molecule has 0 saturated heterocycles. The second-order valence-electron chi connectivity index (χ2n) is 7.94. The molecule has 9 nitrogen and oxygen atoms in total. The highest BCUT2D eigenvalue weighted by Crippen LogP contribution is 2.17. The van der Waals surface area contributed by atoms with Crippen LogP contribution >= 0.6 is 0 Å². The van der Waals surface area contributed by atoms with Crippen molar-refractivity contribution in [2.45, 2.75) is 13.1 Å². The summed E-state index contributed by atoms with van der Waals surface area (Å²) in [5.74, 6) is -0.170. The van der Waals surface area contributed by atoms with Gasteiger partial charge in [0.2, 0.25) is 5.91 Å². The molecular formula is C27H24N4O5. The molecule has 0 aliphatic rings. The van der Waals surface area contributed by atoms with Crippen LogP contribution in [0.15, 0.2) is 101 Å². The van der Waals surface area contributed by atoms with E-state index < -0.39 is 23.7 Å². The molecule has 2 amide bonds. The van der Waals surface area contributed by atoms with E-state index in [-0.39, 0.29) is 12.5 Å². The van der Waals surface area contributed by atoms with E-state index in [1.807, 2.05) is 30.3 Å². The van der Waals surface area contributed by atoms with Crippen LogP contribution in [0.4, 0.5) is 11.4 Å². The number of nitrogens with one attached hydrogen (secondary N) is 2. The van der Waals surface area contributed by atoms with E-state index in [9.17, 15) is 19.2 Å². The van der Waals surface area contributed by atoms with E-state index >= 15 is 0 Å². The Kier molecular flexibility index (Phi) is 7.40. The minimum atomic E-state index is -0.577. The zero-order valence-electron chi connectivity index (χ0n) is 19.5. The molecule has 0 fully saturated rings. The second-order valence-corrected chi connectivity index (χ2v) is 7.94. The molecule has 2 N–H and O–H groups in total. The number of hydrogen-bond acceptors (Lipinski definition) is 5. The summed E-state index contributed by atoms with van der Waals surface area (Å²) in [4.78, 5) is 50.1. The first kappa shape index (κ1) is 24.2. The van der Waals surface area contributed by atoms with Gasteiger partial charge in [0, 0.05) is 29.2 Å². The van der Waals surface area contributed by atoms with Crippen LogP contribution in [0, 0.1) is 0 Å². The largest absolute Gasteiger partial charge is 0.497 e. The molecule has 0 unspecified atom stereocenters. The van der Waals surface area contributed by atoms with Crippen LogP contribution in [0.1, 0.15) is 15.9 Å². The molecule has 0 saturated carbocycles. The minimum absolute atomic E-state index is 0.279. The van der Waals surface area contributed by atoms with Crippen LogP contribution in [0.3, 0.4) is 0 Å². The standard InChI is InChI=1S/C27H24N4O5/c1-36-23-13-11-22(12-14-23)29-26(34)20-7-9-21(10-8-20)28-24(32)18-31-25(33)15-16-30(27(31)35)17-19-5-3-2-4-6-19/h2-16H,17-18H2,1H3,(H,28,32)(H,29,34). The average molecular weight is 485 g/mol. The number of nitrogens with zero attached hydrogens (tertiary/aromatic N) is 2. The number of carbonyl (C=O) groups excluding carboxylic acids is 2. The lowest BCUT2D eigenvalue weighted by molar-refractivity contribution is -0.116. The third kappa shape index (κ3) is 5.95. The van der Waals surface area contributed by atoms with Crippen molar-refractivity contribution in [3.63, 3.8) is 0 Å². The van der Waals surface area contributed by atoms with Gasteiger partial charge in [-0.25, -0.2) is 4.79 Å². The first-order chi connectivity index (χ1) is 17.4. The molecule has 1 aromatic heterocycles. The van der Waals surface area contributed by atoms with Gasteiger partial charge in [-0.3, -0.25) is 23.5 Å². The van der Waals surface area contributed by atoms with Gasteiger partial charge in [-0.15, -0.1) is 0 Å². The number of carbonyl (C=O) groups is 2. The van der Waals surface area contributed by atoms with E-state index in [0.717, 1.165) is 10.1 Å². The molecule has 3 aromatic carbocycles. The first-order valence-corrected chi connectivity index (χ1v) is 11.1. The maximum atomic E-state index is 12.8. The topological polar surface area (TPSA) is 111 Å². The van der Waals surface area contributed by atoms with Crippen molar-refractivity contribution in [2.75, 3.05) is 17.7 Å². The number of hydrogen-bond donors (Lipinski definition) is 2. The van der Waals surface area contributed by atoms with Crippen LogP contribution in [0.5, 0.6) is 5.75 Å². The Bertz CT molecular complexity index is 1470. The summed E-state index contributed by atoms with van der Waals surface area (Å²) in [6.07, 6.45) is 1.42. The molecule has 4 aromatic rings. The molecule has 1 heterocycles.